The van der Waals surface area contributed by atoms with Gasteiger partial charge in [0.1, 0.15) is 6.29 Å². The van der Waals surface area contributed by atoms with Crippen molar-refractivity contribution < 1.29 is 9.59 Å². The van der Waals surface area contributed by atoms with Gasteiger partial charge in [0, 0.05) is 17.6 Å². The van der Waals surface area contributed by atoms with E-state index < -0.39 is 0 Å². The van der Waals surface area contributed by atoms with E-state index in [4.69, 9.17) is 0 Å². The fourth-order valence-corrected chi connectivity index (χ4v) is 5.71. The zero-order valence-corrected chi connectivity index (χ0v) is 17.5. The average Bonchev–Trinajstić information content (AvgIpc) is 3.04. The first-order valence-corrected chi connectivity index (χ1v) is 10.5. The van der Waals surface area contributed by atoms with Crippen LogP contribution in [-0.2, 0) is 9.59 Å². The quantitative estimate of drug-likeness (QED) is 0.451. The van der Waals surface area contributed by atoms with Gasteiger partial charge in [-0.25, -0.2) is 0 Å². The Balaban J connectivity index is 1.91. The second-order valence-electron chi connectivity index (χ2n) is 9.57. The van der Waals surface area contributed by atoms with Crippen LogP contribution in [0.15, 0.2) is 46.6 Å². The Bertz CT molecular complexity index is 744. The molecular formula is C25H34O2. The number of rotatable bonds is 4. The maximum absolute atomic E-state index is 12.5. The average molecular weight is 367 g/mol. The molecule has 0 aromatic heterocycles. The first kappa shape index (κ1) is 20.0. The van der Waals surface area contributed by atoms with Crippen molar-refractivity contribution in [3.05, 3.63) is 46.6 Å². The van der Waals surface area contributed by atoms with E-state index in [9.17, 15) is 9.59 Å². The summed E-state index contributed by atoms with van der Waals surface area (Å²) in [5, 5.41) is 0. The lowest BCUT2D eigenvalue weighted by Gasteiger charge is -2.38. The van der Waals surface area contributed by atoms with Crippen molar-refractivity contribution in [3.63, 3.8) is 0 Å². The van der Waals surface area contributed by atoms with Crippen molar-refractivity contribution in [2.45, 2.75) is 66.7 Å². The van der Waals surface area contributed by atoms with Gasteiger partial charge in [-0.3, -0.25) is 9.59 Å². The maximum atomic E-state index is 12.5. The molecule has 3 rings (SSSR count). The summed E-state index contributed by atoms with van der Waals surface area (Å²) in [6, 6.07) is 0. The van der Waals surface area contributed by atoms with Crippen molar-refractivity contribution in [2.75, 3.05) is 0 Å². The Labute approximate surface area is 164 Å². The SMILES string of the molecule is CC(C)=C/C=C\[C@H](C)[C@H]1CC[C@]2(C)CC3=C(C(=O)C[C@H]3C)/C(C=O)=C\C[C@@H]12. The molecule has 0 bridgehead atoms. The van der Waals surface area contributed by atoms with Gasteiger partial charge in [-0.05, 0) is 68.6 Å². The molecule has 0 radical (unpaired) electrons. The molecule has 0 aromatic carbocycles. The van der Waals surface area contributed by atoms with Crippen LogP contribution in [0.4, 0.5) is 0 Å². The number of hydrogen-bond acceptors (Lipinski definition) is 2. The highest BCUT2D eigenvalue weighted by atomic mass is 16.1. The predicted molar refractivity (Wildman–Crippen MR) is 111 cm³/mol. The molecule has 1 saturated carbocycles. The third-order valence-electron chi connectivity index (χ3n) is 7.27. The molecule has 0 aromatic rings. The molecule has 0 aliphatic heterocycles. The molecule has 2 nitrogen and oxygen atoms in total. The van der Waals surface area contributed by atoms with E-state index in [0.29, 0.717) is 29.7 Å². The normalized spacial score (nSPS) is 36.6. The lowest BCUT2D eigenvalue weighted by Crippen LogP contribution is -2.29. The van der Waals surface area contributed by atoms with E-state index in [1.54, 1.807) is 0 Å². The topological polar surface area (TPSA) is 34.1 Å². The van der Waals surface area contributed by atoms with Crippen LogP contribution >= 0.6 is 0 Å². The minimum atomic E-state index is 0.172. The largest absolute Gasteiger partial charge is 0.298 e. The zero-order valence-electron chi connectivity index (χ0n) is 17.5. The highest BCUT2D eigenvalue weighted by Crippen LogP contribution is 2.57. The highest BCUT2D eigenvalue weighted by Gasteiger charge is 2.48. The van der Waals surface area contributed by atoms with Gasteiger partial charge < -0.3 is 0 Å². The fraction of sp³-hybridized carbons (Fsp3) is 0.600. The number of ketones is 1. The van der Waals surface area contributed by atoms with E-state index in [-0.39, 0.29) is 17.1 Å². The van der Waals surface area contributed by atoms with Crippen LogP contribution in [0.5, 0.6) is 0 Å². The van der Waals surface area contributed by atoms with E-state index in [1.165, 1.54) is 24.0 Å². The van der Waals surface area contributed by atoms with Crippen LogP contribution in [0.25, 0.3) is 0 Å². The molecule has 146 valence electrons. The van der Waals surface area contributed by atoms with Gasteiger partial charge >= 0.3 is 0 Å². The van der Waals surface area contributed by atoms with Gasteiger partial charge in [-0.1, -0.05) is 56.2 Å². The minimum absolute atomic E-state index is 0.172. The Morgan fingerprint density at radius 2 is 2.07 bits per heavy atom. The van der Waals surface area contributed by atoms with Crippen LogP contribution in [0.1, 0.15) is 66.7 Å². The van der Waals surface area contributed by atoms with Crippen molar-refractivity contribution in [3.8, 4) is 0 Å². The van der Waals surface area contributed by atoms with Crippen LogP contribution in [0.3, 0.4) is 0 Å². The summed E-state index contributed by atoms with van der Waals surface area (Å²) >= 11 is 0. The molecule has 0 N–H and O–H groups in total. The van der Waals surface area contributed by atoms with Crippen molar-refractivity contribution in [1.29, 1.82) is 0 Å². The van der Waals surface area contributed by atoms with Gasteiger partial charge in [0.25, 0.3) is 0 Å². The van der Waals surface area contributed by atoms with E-state index in [1.807, 2.05) is 0 Å². The third kappa shape index (κ3) is 3.81. The lowest BCUT2D eigenvalue weighted by atomic mass is 9.67. The number of aldehydes is 1. The van der Waals surface area contributed by atoms with Crippen LogP contribution < -0.4 is 0 Å². The van der Waals surface area contributed by atoms with Crippen molar-refractivity contribution in [2.24, 2.45) is 29.1 Å². The monoisotopic (exact) mass is 366 g/mol. The Morgan fingerprint density at radius 1 is 1.33 bits per heavy atom. The van der Waals surface area contributed by atoms with Gasteiger partial charge in [-0.15, -0.1) is 0 Å². The summed E-state index contributed by atoms with van der Waals surface area (Å²) < 4.78 is 0. The fourth-order valence-electron chi connectivity index (χ4n) is 5.71. The molecule has 0 saturated heterocycles. The second kappa shape index (κ2) is 7.73. The predicted octanol–water partition coefficient (Wildman–Crippen LogP) is 6.00. The van der Waals surface area contributed by atoms with Crippen LogP contribution in [-0.4, -0.2) is 12.1 Å². The smallest absolute Gasteiger partial charge is 0.164 e. The van der Waals surface area contributed by atoms with Gasteiger partial charge in [-0.2, -0.15) is 0 Å². The van der Waals surface area contributed by atoms with Gasteiger partial charge in [0.2, 0.25) is 0 Å². The van der Waals surface area contributed by atoms with E-state index in [2.05, 4.69) is 58.9 Å². The number of carbonyl (C=O) groups excluding carboxylic acids is 2. The molecule has 0 heterocycles. The van der Waals surface area contributed by atoms with E-state index >= 15 is 0 Å². The lowest BCUT2D eigenvalue weighted by molar-refractivity contribution is -0.115. The molecule has 0 unspecified atom stereocenters. The summed E-state index contributed by atoms with van der Waals surface area (Å²) in [6.45, 7) is 11.2. The first-order valence-electron chi connectivity index (χ1n) is 10.5. The van der Waals surface area contributed by atoms with Crippen molar-refractivity contribution >= 4 is 12.1 Å². The maximum Gasteiger partial charge on any atom is 0.164 e. The molecule has 27 heavy (non-hydrogen) atoms. The van der Waals surface area contributed by atoms with Gasteiger partial charge in [0.05, 0.1) is 0 Å². The minimum Gasteiger partial charge on any atom is -0.298 e. The number of hydrogen-bond donors (Lipinski definition) is 0. The third-order valence-corrected chi connectivity index (χ3v) is 7.27. The standard InChI is InChI=1S/C25H34O2/c1-16(2)7-6-8-17(3)20-11-12-25(5)14-21-18(4)13-23(27)24(21)19(15-26)9-10-22(20)25/h6-9,15,17-18,20,22H,10-14H2,1-5H3/b8-6-,19-9-/t17-,18+,20+,22-,25+/m0/s1. The highest BCUT2D eigenvalue weighted by molar-refractivity contribution is 6.09. The molecular weight excluding hydrogens is 332 g/mol. The van der Waals surface area contributed by atoms with Crippen LogP contribution in [0, 0.1) is 29.1 Å². The zero-order chi connectivity index (χ0) is 19.8. The molecule has 5 atom stereocenters. The second-order valence-corrected chi connectivity index (χ2v) is 9.57. The summed E-state index contributed by atoms with van der Waals surface area (Å²) in [5.74, 6) is 2.17. The van der Waals surface area contributed by atoms with Crippen LogP contribution in [0.2, 0.25) is 0 Å². The van der Waals surface area contributed by atoms with Gasteiger partial charge in [0.15, 0.2) is 5.78 Å². The summed E-state index contributed by atoms with van der Waals surface area (Å²) in [6.07, 6.45) is 14.6. The summed E-state index contributed by atoms with van der Waals surface area (Å²) in [4.78, 5) is 24.3. The molecule has 3 aliphatic rings. The summed E-state index contributed by atoms with van der Waals surface area (Å²) in [7, 11) is 0. The molecule has 2 heteroatoms. The Kier molecular flexibility index (Phi) is 5.74. The number of allylic oxidation sites excluding steroid dienone is 8. The molecule has 0 spiro atoms. The summed E-state index contributed by atoms with van der Waals surface area (Å²) in [5.41, 5.74) is 4.21. The number of carbonyl (C=O) groups is 2. The number of fused-ring (bicyclic) bond motifs is 1. The molecule has 0 amide bonds. The molecule has 3 aliphatic carbocycles. The van der Waals surface area contributed by atoms with Crippen molar-refractivity contribution in [1.82, 2.24) is 0 Å². The Morgan fingerprint density at radius 3 is 2.74 bits per heavy atom. The Hall–Kier alpha value is -1.70. The molecule has 1 fully saturated rings. The van der Waals surface area contributed by atoms with E-state index in [0.717, 1.165) is 24.7 Å². The number of Topliss-reactive ketones (excluding diaryl/α,β-unsaturated/α-hetero) is 1. The first-order chi connectivity index (χ1) is 12.8.